The standard InChI is InChI=1S/C10H7NO4/c12-9(13)6-3-1-2-5-7(10(14)15)4-11-8(5)6/h1-4,11H,(H,12,13)(H,14,15). The Morgan fingerprint density at radius 1 is 1.07 bits per heavy atom. The molecule has 0 unspecified atom stereocenters. The lowest BCUT2D eigenvalue weighted by molar-refractivity contribution is 0.0687. The molecule has 0 saturated heterocycles. The molecule has 0 fully saturated rings. The number of carboxylic acids is 2. The Labute approximate surface area is 84.0 Å². The highest BCUT2D eigenvalue weighted by Crippen LogP contribution is 2.21. The summed E-state index contributed by atoms with van der Waals surface area (Å²) in [5.41, 5.74) is 0.482. The fraction of sp³-hybridized carbons (Fsp3) is 0. The first-order chi connectivity index (χ1) is 7.11. The van der Waals surface area contributed by atoms with Crippen LogP contribution in [0.5, 0.6) is 0 Å². The summed E-state index contributed by atoms with van der Waals surface area (Å²) >= 11 is 0. The molecule has 1 aromatic carbocycles. The van der Waals surface area contributed by atoms with E-state index in [0.717, 1.165) is 0 Å². The second-order valence-corrected chi connectivity index (χ2v) is 3.04. The zero-order valence-corrected chi connectivity index (χ0v) is 7.52. The molecule has 0 aliphatic carbocycles. The van der Waals surface area contributed by atoms with Gasteiger partial charge in [0.05, 0.1) is 16.6 Å². The summed E-state index contributed by atoms with van der Waals surface area (Å²) in [7, 11) is 0. The molecule has 0 aliphatic rings. The Hall–Kier alpha value is -2.30. The SMILES string of the molecule is O=C(O)c1c[nH]c2c(C(=O)O)cccc12. The van der Waals surface area contributed by atoms with Gasteiger partial charge in [0, 0.05) is 11.6 Å². The smallest absolute Gasteiger partial charge is 0.337 e. The lowest BCUT2D eigenvalue weighted by Crippen LogP contribution is -1.97. The van der Waals surface area contributed by atoms with Crippen molar-refractivity contribution in [2.45, 2.75) is 0 Å². The Morgan fingerprint density at radius 3 is 2.33 bits per heavy atom. The lowest BCUT2D eigenvalue weighted by atomic mass is 10.1. The molecular formula is C10H7NO4. The molecule has 76 valence electrons. The van der Waals surface area contributed by atoms with Crippen molar-refractivity contribution in [3.8, 4) is 0 Å². The third-order valence-electron chi connectivity index (χ3n) is 2.18. The van der Waals surface area contributed by atoms with E-state index < -0.39 is 11.9 Å². The Morgan fingerprint density at radius 2 is 1.73 bits per heavy atom. The second kappa shape index (κ2) is 3.13. The first kappa shape index (κ1) is 9.26. The third kappa shape index (κ3) is 1.34. The molecule has 0 bridgehead atoms. The van der Waals surface area contributed by atoms with Crippen molar-refractivity contribution in [3.05, 3.63) is 35.5 Å². The van der Waals surface area contributed by atoms with Gasteiger partial charge < -0.3 is 15.2 Å². The van der Waals surface area contributed by atoms with E-state index in [9.17, 15) is 9.59 Å². The minimum Gasteiger partial charge on any atom is -0.478 e. The number of carboxylic acid groups (broad SMARTS) is 2. The van der Waals surface area contributed by atoms with Gasteiger partial charge in [-0.15, -0.1) is 0 Å². The van der Waals surface area contributed by atoms with Crippen LogP contribution < -0.4 is 0 Å². The molecule has 1 aromatic heterocycles. The molecule has 2 rings (SSSR count). The van der Waals surface area contributed by atoms with Crippen LogP contribution >= 0.6 is 0 Å². The average Bonchev–Trinajstić information content (AvgIpc) is 2.59. The number of aromatic amines is 1. The first-order valence-corrected chi connectivity index (χ1v) is 4.18. The van der Waals surface area contributed by atoms with Crippen molar-refractivity contribution in [2.75, 3.05) is 0 Å². The van der Waals surface area contributed by atoms with E-state index in [1.807, 2.05) is 0 Å². The number of rotatable bonds is 2. The van der Waals surface area contributed by atoms with Gasteiger partial charge >= 0.3 is 11.9 Å². The molecule has 15 heavy (non-hydrogen) atoms. The summed E-state index contributed by atoms with van der Waals surface area (Å²) in [4.78, 5) is 24.3. The third-order valence-corrected chi connectivity index (χ3v) is 2.18. The molecule has 5 nitrogen and oxygen atoms in total. The Kier molecular flexibility index (Phi) is 1.93. The van der Waals surface area contributed by atoms with Gasteiger partial charge in [-0.3, -0.25) is 0 Å². The average molecular weight is 205 g/mol. The van der Waals surface area contributed by atoms with Gasteiger partial charge in [0.25, 0.3) is 0 Å². The molecule has 1 heterocycles. The first-order valence-electron chi connectivity index (χ1n) is 4.18. The number of carbonyl (C=O) groups is 2. The van der Waals surface area contributed by atoms with Gasteiger partial charge in [-0.25, -0.2) is 9.59 Å². The molecule has 0 atom stereocenters. The Balaban J connectivity index is 2.80. The monoisotopic (exact) mass is 205 g/mol. The highest BCUT2D eigenvalue weighted by molar-refractivity contribution is 6.09. The molecule has 0 aliphatic heterocycles. The van der Waals surface area contributed by atoms with Crippen molar-refractivity contribution in [2.24, 2.45) is 0 Å². The molecule has 2 aromatic rings. The topological polar surface area (TPSA) is 90.4 Å². The molecule has 3 N–H and O–H groups in total. The predicted octanol–water partition coefficient (Wildman–Crippen LogP) is 1.56. The minimum absolute atomic E-state index is 0.0694. The number of H-pyrrole nitrogens is 1. The van der Waals surface area contributed by atoms with E-state index in [-0.39, 0.29) is 11.1 Å². The summed E-state index contributed by atoms with van der Waals surface area (Å²) in [6, 6.07) is 4.51. The molecule has 0 spiro atoms. The van der Waals surface area contributed by atoms with Crippen molar-refractivity contribution in [1.29, 1.82) is 0 Å². The molecule has 0 radical (unpaired) electrons. The van der Waals surface area contributed by atoms with Crippen LogP contribution in [0.1, 0.15) is 20.7 Å². The van der Waals surface area contributed by atoms with Crippen LogP contribution in [-0.2, 0) is 0 Å². The minimum atomic E-state index is -1.08. The lowest BCUT2D eigenvalue weighted by Gasteiger charge is -1.96. The van der Waals surface area contributed by atoms with E-state index in [4.69, 9.17) is 10.2 Å². The number of para-hydroxylation sites is 1. The summed E-state index contributed by atoms with van der Waals surface area (Å²) in [5, 5.41) is 18.1. The summed E-state index contributed by atoms with van der Waals surface area (Å²) in [5.74, 6) is -2.16. The predicted molar refractivity (Wildman–Crippen MR) is 52.2 cm³/mol. The van der Waals surface area contributed by atoms with E-state index in [1.165, 1.54) is 18.3 Å². The van der Waals surface area contributed by atoms with Crippen LogP contribution in [0.25, 0.3) is 10.9 Å². The highest BCUT2D eigenvalue weighted by Gasteiger charge is 2.15. The van der Waals surface area contributed by atoms with Crippen molar-refractivity contribution < 1.29 is 19.8 Å². The van der Waals surface area contributed by atoms with Crippen LogP contribution in [0.2, 0.25) is 0 Å². The number of aromatic carboxylic acids is 2. The van der Waals surface area contributed by atoms with Crippen LogP contribution in [0.4, 0.5) is 0 Å². The summed E-state index contributed by atoms with van der Waals surface area (Å²) < 4.78 is 0. The van der Waals surface area contributed by atoms with Gasteiger partial charge in [-0.05, 0) is 6.07 Å². The number of hydrogen-bond acceptors (Lipinski definition) is 2. The van der Waals surface area contributed by atoms with E-state index in [0.29, 0.717) is 10.9 Å². The highest BCUT2D eigenvalue weighted by atomic mass is 16.4. The summed E-state index contributed by atoms with van der Waals surface area (Å²) in [6.07, 6.45) is 1.29. The zero-order valence-electron chi connectivity index (χ0n) is 7.52. The number of aromatic nitrogens is 1. The van der Waals surface area contributed by atoms with Crippen molar-refractivity contribution in [1.82, 2.24) is 4.98 Å². The Bertz CT molecular complexity index is 556. The maximum absolute atomic E-state index is 10.8. The number of benzene rings is 1. The fourth-order valence-electron chi connectivity index (χ4n) is 1.51. The van der Waals surface area contributed by atoms with Crippen LogP contribution in [0, 0.1) is 0 Å². The van der Waals surface area contributed by atoms with Crippen molar-refractivity contribution in [3.63, 3.8) is 0 Å². The maximum atomic E-state index is 10.8. The van der Waals surface area contributed by atoms with Crippen LogP contribution in [-0.4, -0.2) is 27.1 Å². The van der Waals surface area contributed by atoms with E-state index in [2.05, 4.69) is 4.98 Å². The number of nitrogens with one attached hydrogen (secondary N) is 1. The quantitative estimate of drug-likeness (QED) is 0.693. The molecule has 0 amide bonds. The fourth-order valence-corrected chi connectivity index (χ4v) is 1.51. The molecular weight excluding hydrogens is 198 g/mol. The van der Waals surface area contributed by atoms with Crippen molar-refractivity contribution >= 4 is 22.8 Å². The van der Waals surface area contributed by atoms with E-state index >= 15 is 0 Å². The molecule has 5 heteroatoms. The van der Waals surface area contributed by atoms with E-state index in [1.54, 1.807) is 6.07 Å². The molecule has 0 saturated carbocycles. The van der Waals surface area contributed by atoms with Gasteiger partial charge in [0.2, 0.25) is 0 Å². The normalized spacial score (nSPS) is 10.4. The van der Waals surface area contributed by atoms with Gasteiger partial charge in [-0.2, -0.15) is 0 Å². The maximum Gasteiger partial charge on any atom is 0.337 e. The zero-order chi connectivity index (χ0) is 11.0. The van der Waals surface area contributed by atoms with Crippen LogP contribution in [0.15, 0.2) is 24.4 Å². The van der Waals surface area contributed by atoms with Crippen LogP contribution in [0.3, 0.4) is 0 Å². The summed E-state index contributed by atoms with van der Waals surface area (Å²) in [6.45, 7) is 0. The van der Waals surface area contributed by atoms with Gasteiger partial charge in [-0.1, -0.05) is 12.1 Å². The largest absolute Gasteiger partial charge is 0.478 e. The number of hydrogen-bond donors (Lipinski definition) is 3. The number of fused-ring (bicyclic) bond motifs is 1. The van der Waals surface area contributed by atoms with Gasteiger partial charge in [0.1, 0.15) is 0 Å². The van der Waals surface area contributed by atoms with Gasteiger partial charge in [0.15, 0.2) is 0 Å². The second-order valence-electron chi connectivity index (χ2n) is 3.04.